The van der Waals surface area contributed by atoms with Crippen LogP contribution in [0.3, 0.4) is 0 Å². The Balaban J connectivity index is 1.86. The Morgan fingerprint density at radius 3 is 2.50 bits per heavy atom. The highest BCUT2D eigenvalue weighted by Gasteiger charge is 2.14. The van der Waals surface area contributed by atoms with Crippen LogP contribution in [0.15, 0.2) is 64.5 Å². The summed E-state index contributed by atoms with van der Waals surface area (Å²) >= 11 is 4.97. The van der Waals surface area contributed by atoms with Gasteiger partial charge in [-0.15, -0.1) is 11.3 Å². The van der Waals surface area contributed by atoms with Gasteiger partial charge in [0.25, 0.3) is 0 Å². The molecule has 0 spiro atoms. The van der Waals surface area contributed by atoms with E-state index in [1.165, 1.54) is 11.3 Å². The average molecular weight is 370 g/mol. The van der Waals surface area contributed by atoms with Gasteiger partial charge in [-0.05, 0) is 11.6 Å². The monoisotopic (exact) mass is 369 g/mol. The molecule has 0 N–H and O–H groups in total. The fraction of sp³-hybridized carbons (Fsp3) is 0.0556. The van der Waals surface area contributed by atoms with Crippen LogP contribution in [0.1, 0.15) is 11.1 Å². The molecule has 2 nitrogen and oxygen atoms in total. The van der Waals surface area contributed by atoms with Gasteiger partial charge in [0.2, 0.25) is 0 Å². The Morgan fingerprint density at radius 1 is 1.05 bits per heavy atom. The Morgan fingerprint density at radius 2 is 1.77 bits per heavy atom. The van der Waals surface area contributed by atoms with Gasteiger partial charge in [0.1, 0.15) is 18.2 Å². The third kappa shape index (κ3) is 3.06. The minimum atomic E-state index is 0.435. The van der Waals surface area contributed by atoms with E-state index in [2.05, 4.69) is 22.0 Å². The van der Waals surface area contributed by atoms with Crippen LogP contribution >= 0.6 is 27.3 Å². The van der Waals surface area contributed by atoms with E-state index in [-0.39, 0.29) is 0 Å². The van der Waals surface area contributed by atoms with E-state index in [0.717, 1.165) is 21.2 Å². The Bertz CT molecular complexity index is 821. The van der Waals surface area contributed by atoms with Crippen molar-refractivity contribution in [1.82, 2.24) is 0 Å². The molecule has 3 aromatic rings. The van der Waals surface area contributed by atoms with Gasteiger partial charge in [0.15, 0.2) is 5.06 Å². The van der Waals surface area contributed by atoms with Crippen molar-refractivity contribution in [3.05, 3.63) is 75.6 Å². The van der Waals surface area contributed by atoms with Crippen LogP contribution in [0.5, 0.6) is 5.06 Å². The molecule has 4 heteroatoms. The number of nitrogens with zero attached hydrogens (tertiary/aromatic N) is 1. The first-order chi connectivity index (χ1) is 10.8. The molecule has 3 rings (SSSR count). The van der Waals surface area contributed by atoms with Crippen molar-refractivity contribution in [1.29, 1.82) is 5.26 Å². The molecular formula is C18H12BrNOS. The zero-order valence-corrected chi connectivity index (χ0v) is 14.0. The summed E-state index contributed by atoms with van der Waals surface area (Å²) in [5.74, 6) is 0. The Kier molecular flexibility index (Phi) is 4.57. The normalized spacial score (nSPS) is 10.2. The summed E-state index contributed by atoms with van der Waals surface area (Å²) in [5.41, 5.74) is 3.62. The summed E-state index contributed by atoms with van der Waals surface area (Å²) in [7, 11) is 0. The minimum absolute atomic E-state index is 0.435. The highest BCUT2D eigenvalue weighted by Crippen LogP contribution is 2.37. The highest BCUT2D eigenvalue weighted by molar-refractivity contribution is 9.10. The van der Waals surface area contributed by atoms with Crippen LogP contribution in [0, 0.1) is 11.3 Å². The summed E-state index contributed by atoms with van der Waals surface area (Å²) in [6.07, 6.45) is 0. The summed E-state index contributed by atoms with van der Waals surface area (Å²) in [6.45, 7) is 0.435. The lowest BCUT2D eigenvalue weighted by atomic mass is 10.1. The van der Waals surface area contributed by atoms with Crippen molar-refractivity contribution in [3.8, 4) is 22.3 Å². The molecular weight excluding hydrogens is 358 g/mol. The second-order valence-corrected chi connectivity index (χ2v) is 6.37. The quantitative estimate of drug-likeness (QED) is 0.596. The molecule has 0 aliphatic rings. The van der Waals surface area contributed by atoms with Gasteiger partial charge in [-0.1, -0.05) is 64.5 Å². The van der Waals surface area contributed by atoms with Gasteiger partial charge in [-0.2, -0.15) is 5.26 Å². The smallest absolute Gasteiger partial charge is 0.192 e. The zero-order chi connectivity index (χ0) is 15.4. The number of ether oxygens (including phenoxy) is 1. The number of nitriles is 1. The number of halogens is 1. The van der Waals surface area contributed by atoms with Gasteiger partial charge >= 0.3 is 0 Å². The van der Waals surface area contributed by atoms with E-state index >= 15 is 0 Å². The van der Waals surface area contributed by atoms with Crippen molar-refractivity contribution >= 4 is 27.3 Å². The highest BCUT2D eigenvalue weighted by atomic mass is 79.9. The molecule has 22 heavy (non-hydrogen) atoms. The number of hydrogen-bond donors (Lipinski definition) is 0. The van der Waals surface area contributed by atoms with Crippen LogP contribution in [0.2, 0.25) is 0 Å². The second-order valence-electron chi connectivity index (χ2n) is 4.67. The standard InChI is InChI=1S/C18H12BrNOS/c19-17-9-5-4-8-14(17)11-21-18-15(10-20)16(12-22-18)13-6-2-1-3-7-13/h1-9,12H,11H2. The number of benzene rings is 2. The summed E-state index contributed by atoms with van der Waals surface area (Å²) in [5, 5.41) is 12.1. The fourth-order valence-corrected chi connectivity index (χ4v) is 3.42. The molecule has 0 aliphatic carbocycles. The van der Waals surface area contributed by atoms with Gasteiger partial charge in [-0.25, -0.2) is 0 Å². The second kappa shape index (κ2) is 6.78. The predicted molar refractivity (Wildman–Crippen MR) is 92.9 cm³/mol. The maximum atomic E-state index is 9.47. The van der Waals surface area contributed by atoms with E-state index in [9.17, 15) is 5.26 Å². The van der Waals surface area contributed by atoms with Crippen molar-refractivity contribution in [2.75, 3.05) is 0 Å². The first-order valence-electron chi connectivity index (χ1n) is 6.73. The van der Waals surface area contributed by atoms with Crippen molar-refractivity contribution in [2.24, 2.45) is 0 Å². The molecule has 0 saturated heterocycles. The first kappa shape index (κ1) is 14.8. The minimum Gasteiger partial charge on any atom is -0.478 e. The Hall–Kier alpha value is -2.09. The van der Waals surface area contributed by atoms with E-state index < -0.39 is 0 Å². The van der Waals surface area contributed by atoms with E-state index in [0.29, 0.717) is 17.2 Å². The van der Waals surface area contributed by atoms with Crippen LogP contribution in [-0.2, 0) is 6.61 Å². The lowest BCUT2D eigenvalue weighted by Gasteiger charge is -2.06. The van der Waals surface area contributed by atoms with Crippen LogP contribution in [-0.4, -0.2) is 0 Å². The summed E-state index contributed by atoms with van der Waals surface area (Å²) in [4.78, 5) is 0. The van der Waals surface area contributed by atoms with Crippen LogP contribution < -0.4 is 4.74 Å². The van der Waals surface area contributed by atoms with Crippen LogP contribution in [0.25, 0.3) is 11.1 Å². The van der Waals surface area contributed by atoms with Gasteiger partial charge in [0, 0.05) is 21.0 Å². The fourth-order valence-electron chi connectivity index (χ4n) is 2.14. The average Bonchev–Trinajstić information content (AvgIpc) is 2.98. The number of thiophene rings is 1. The summed E-state index contributed by atoms with van der Waals surface area (Å²) < 4.78 is 6.87. The topological polar surface area (TPSA) is 33.0 Å². The first-order valence-corrected chi connectivity index (χ1v) is 8.40. The molecule has 0 atom stereocenters. The van der Waals surface area contributed by atoms with Gasteiger partial charge in [-0.3, -0.25) is 0 Å². The maximum Gasteiger partial charge on any atom is 0.192 e. The molecule has 0 amide bonds. The van der Waals surface area contributed by atoms with E-state index in [1.54, 1.807) is 0 Å². The molecule has 0 saturated carbocycles. The molecule has 0 fully saturated rings. The molecule has 1 heterocycles. The molecule has 2 aromatic carbocycles. The third-order valence-corrected chi connectivity index (χ3v) is 4.93. The van der Waals surface area contributed by atoms with Crippen LogP contribution in [0.4, 0.5) is 0 Å². The Labute approximate surface area is 141 Å². The predicted octanol–water partition coefficient (Wildman–Crippen LogP) is 5.63. The zero-order valence-electron chi connectivity index (χ0n) is 11.6. The maximum absolute atomic E-state index is 9.47. The molecule has 0 unspecified atom stereocenters. The number of hydrogen-bond acceptors (Lipinski definition) is 3. The lowest BCUT2D eigenvalue weighted by molar-refractivity contribution is 0.314. The molecule has 0 bridgehead atoms. The molecule has 1 aromatic heterocycles. The molecule has 0 aliphatic heterocycles. The van der Waals surface area contributed by atoms with Crippen molar-refractivity contribution in [3.63, 3.8) is 0 Å². The van der Waals surface area contributed by atoms with Gasteiger partial charge < -0.3 is 4.74 Å². The summed E-state index contributed by atoms with van der Waals surface area (Å²) in [6, 6.07) is 20.1. The van der Waals surface area contributed by atoms with Gasteiger partial charge in [0.05, 0.1) is 0 Å². The molecule has 0 radical (unpaired) electrons. The van der Waals surface area contributed by atoms with E-state index in [4.69, 9.17) is 4.74 Å². The SMILES string of the molecule is N#Cc1c(-c2ccccc2)csc1OCc1ccccc1Br. The van der Waals surface area contributed by atoms with E-state index in [1.807, 2.05) is 60.0 Å². The lowest BCUT2D eigenvalue weighted by Crippen LogP contribution is -1.96. The van der Waals surface area contributed by atoms with Crippen molar-refractivity contribution in [2.45, 2.75) is 6.61 Å². The third-order valence-electron chi connectivity index (χ3n) is 3.27. The van der Waals surface area contributed by atoms with Crippen molar-refractivity contribution < 1.29 is 4.74 Å². The number of rotatable bonds is 4. The molecule has 108 valence electrons. The largest absolute Gasteiger partial charge is 0.478 e.